The van der Waals surface area contributed by atoms with Gasteiger partial charge in [0.1, 0.15) is 5.76 Å². The molecule has 1 saturated carbocycles. The van der Waals surface area contributed by atoms with Crippen LogP contribution in [0.15, 0.2) is 22.8 Å². The van der Waals surface area contributed by atoms with Crippen molar-refractivity contribution < 1.29 is 18.7 Å². The van der Waals surface area contributed by atoms with Crippen LogP contribution < -0.4 is 0 Å². The fraction of sp³-hybridized carbons (Fsp3) is 0.600. The highest BCUT2D eigenvalue weighted by Gasteiger charge is 2.47. The molecular weight excluding hydrogens is 272 g/mol. The summed E-state index contributed by atoms with van der Waals surface area (Å²) in [6.07, 6.45) is 2.22. The van der Waals surface area contributed by atoms with Gasteiger partial charge in [0.25, 0.3) is 0 Å². The Morgan fingerprint density at radius 1 is 1.29 bits per heavy atom. The minimum atomic E-state index is -0.288. The van der Waals surface area contributed by atoms with Crippen molar-refractivity contribution in [3.63, 3.8) is 0 Å². The van der Waals surface area contributed by atoms with Gasteiger partial charge in [0.05, 0.1) is 12.9 Å². The van der Waals surface area contributed by atoms with Gasteiger partial charge >= 0.3 is 6.09 Å². The molecule has 2 atom stereocenters. The molecule has 0 spiro atoms. The summed E-state index contributed by atoms with van der Waals surface area (Å²) in [6.45, 7) is 4.42. The van der Waals surface area contributed by atoms with Crippen molar-refractivity contribution in [2.45, 2.75) is 19.3 Å². The third-order valence-corrected chi connectivity index (χ3v) is 4.13. The quantitative estimate of drug-likeness (QED) is 0.850. The minimum absolute atomic E-state index is 0.0466. The Kier molecular flexibility index (Phi) is 3.86. The molecule has 1 aromatic heterocycles. The van der Waals surface area contributed by atoms with Gasteiger partial charge in [0, 0.05) is 38.0 Å². The Balaban J connectivity index is 1.49. The summed E-state index contributed by atoms with van der Waals surface area (Å²) < 4.78 is 10.3. The molecule has 2 fully saturated rings. The number of furan rings is 1. The number of nitrogens with zero attached hydrogens (tertiary/aromatic N) is 2. The van der Waals surface area contributed by atoms with E-state index in [2.05, 4.69) is 0 Å². The van der Waals surface area contributed by atoms with Gasteiger partial charge in [-0.2, -0.15) is 0 Å². The predicted molar refractivity (Wildman–Crippen MR) is 74.7 cm³/mol. The summed E-state index contributed by atoms with van der Waals surface area (Å²) >= 11 is 0. The second-order valence-corrected chi connectivity index (χ2v) is 5.48. The number of piperazine rings is 1. The fourth-order valence-electron chi connectivity index (χ4n) is 2.84. The third kappa shape index (κ3) is 2.89. The summed E-state index contributed by atoms with van der Waals surface area (Å²) in [4.78, 5) is 27.5. The van der Waals surface area contributed by atoms with Crippen molar-refractivity contribution in [3.8, 4) is 0 Å². The molecule has 6 heteroatoms. The first-order chi connectivity index (χ1) is 10.2. The number of carbonyl (C=O) groups is 2. The second kappa shape index (κ2) is 5.79. The van der Waals surface area contributed by atoms with E-state index >= 15 is 0 Å². The standard InChI is InChI=1S/C15H20N2O4/c1-2-20-15(19)17-7-5-16(6-8-17)14(18)12-10-11(12)13-4-3-9-21-13/h3-4,9,11-12H,2,5-8,10H2,1H3. The number of rotatable bonds is 3. The zero-order chi connectivity index (χ0) is 14.8. The number of hydrogen-bond donors (Lipinski definition) is 0. The number of ether oxygens (including phenoxy) is 1. The maximum absolute atomic E-state index is 12.4. The first-order valence-corrected chi connectivity index (χ1v) is 7.44. The average Bonchev–Trinajstić information content (AvgIpc) is 3.12. The van der Waals surface area contributed by atoms with Crippen LogP contribution in [0.4, 0.5) is 4.79 Å². The van der Waals surface area contributed by atoms with E-state index in [9.17, 15) is 9.59 Å². The Bertz CT molecular complexity index is 506. The maximum atomic E-state index is 12.4. The van der Waals surface area contributed by atoms with Crippen LogP contribution in [0.25, 0.3) is 0 Å². The van der Waals surface area contributed by atoms with Crippen LogP contribution in [-0.4, -0.2) is 54.6 Å². The van der Waals surface area contributed by atoms with Gasteiger partial charge in [0.2, 0.25) is 5.91 Å². The zero-order valence-corrected chi connectivity index (χ0v) is 12.2. The van der Waals surface area contributed by atoms with E-state index in [4.69, 9.17) is 9.15 Å². The van der Waals surface area contributed by atoms with Crippen molar-refractivity contribution in [1.29, 1.82) is 0 Å². The molecule has 6 nitrogen and oxygen atoms in total. The summed E-state index contributed by atoms with van der Waals surface area (Å²) in [5.74, 6) is 1.36. The topological polar surface area (TPSA) is 63.0 Å². The summed E-state index contributed by atoms with van der Waals surface area (Å²) in [5.41, 5.74) is 0. The monoisotopic (exact) mass is 292 g/mol. The van der Waals surface area contributed by atoms with Gasteiger partial charge in [-0.3, -0.25) is 4.79 Å². The van der Waals surface area contributed by atoms with Crippen LogP contribution in [0.5, 0.6) is 0 Å². The molecule has 0 N–H and O–H groups in total. The van der Waals surface area contributed by atoms with E-state index in [-0.39, 0.29) is 23.8 Å². The molecule has 0 radical (unpaired) electrons. The lowest BCUT2D eigenvalue weighted by atomic mass is 10.2. The van der Waals surface area contributed by atoms with Crippen LogP contribution in [0.2, 0.25) is 0 Å². The molecule has 1 aromatic rings. The molecule has 2 aliphatic rings. The molecule has 0 aromatic carbocycles. The van der Waals surface area contributed by atoms with E-state index < -0.39 is 0 Å². The number of amides is 2. The largest absolute Gasteiger partial charge is 0.469 e. The average molecular weight is 292 g/mol. The normalized spacial score (nSPS) is 24.8. The SMILES string of the molecule is CCOC(=O)N1CCN(C(=O)C2CC2c2ccco2)CC1. The van der Waals surface area contributed by atoms with Crippen molar-refractivity contribution in [2.24, 2.45) is 5.92 Å². The lowest BCUT2D eigenvalue weighted by Crippen LogP contribution is -2.51. The first kappa shape index (κ1) is 14.0. The highest BCUT2D eigenvalue weighted by molar-refractivity contribution is 5.83. The molecule has 2 amide bonds. The Morgan fingerprint density at radius 3 is 2.62 bits per heavy atom. The molecule has 3 rings (SSSR count). The summed E-state index contributed by atoms with van der Waals surface area (Å²) in [7, 11) is 0. The van der Waals surface area contributed by atoms with Gasteiger partial charge in [-0.25, -0.2) is 4.79 Å². The Morgan fingerprint density at radius 2 is 2.00 bits per heavy atom. The maximum Gasteiger partial charge on any atom is 0.409 e. The zero-order valence-electron chi connectivity index (χ0n) is 12.2. The molecule has 1 saturated heterocycles. The van der Waals surface area contributed by atoms with Crippen LogP contribution in [0, 0.1) is 5.92 Å². The smallest absolute Gasteiger partial charge is 0.409 e. The van der Waals surface area contributed by atoms with Crippen LogP contribution in [-0.2, 0) is 9.53 Å². The molecule has 0 bridgehead atoms. The molecule has 2 heterocycles. The van der Waals surface area contributed by atoms with Gasteiger partial charge in [-0.1, -0.05) is 0 Å². The lowest BCUT2D eigenvalue weighted by Gasteiger charge is -2.34. The van der Waals surface area contributed by atoms with E-state index in [0.29, 0.717) is 32.8 Å². The Labute approximate surface area is 123 Å². The van der Waals surface area contributed by atoms with E-state index in [1.807, 2.05) is 17.0 Å². The molecule has 1 aliphatic carbocycles. The van der Waals surface area contributed by atoms with Crippen molar-refractivity contribution in [3.05, 3.63) is 24.2 Å². The number of hydrogen-bond acceptors (Lipinski definition) is 4. The van der Waals surface area contributed by atoms with Gasteiger partial charge in [0.15, 0.2) is 0 Å². The van der Waals surface area contributed by atoms with Crippen molar-refractivity contribution >= 4 is 12.0 Å². The first-order valence-electron chi connectivity index (χ1n) is 7.44. The molecule has 21 heavy (non-hydrogen) atoms. The fourth-order valence-corrected chi connectivity index (χ4v) is 2.84. The van der Waals surface area contributed by atoms with Crippen LogP contribution in [0.1, 0.15) is 25.0 Å². The third-order valence-electron chi connectivity index (χ3n) is 4.13. The lowest BCUT2D eigenvalue weighted by molar-refractivity contribution is -0.134. The van der Waals surface area contributed by atoms with Crippen LogP contribution in [0.3, 0.4) is 0 Å². The van der Waals surface area contributed by atoms with Gasteiger partial charge < -0.3 is 19.0 Å². The van der Waals surface area contributed by atoms with Gasteiger partial charge in [-0.05, 0) is 25.5 Å². The predicted octanol–water partition coefficient (Wildman–Crippen LogP) is 1.68. The summed E-state index contributed by atoms with van der Waals surface area (Å²) in [5, 5.41) is 0. The van der Waals surface area contributed by atoms with E-state index in [0.717, 1.165) is 12.2 Å². The van der Waals surface area contributed by atoms with E-state index in [1.54, 1.807) is 18.1 Å². The Hall–Kier alpha value is -1.98. The highest BCUT2D eigenvalue weighted by atomic mass is 16.6. The number of carbonyl (C=O) groups excluding carboxylic acids is 2. The van der Waals surface area contributed by atoms with Crippen LogP contribution >= 0.6 is 0 Å². The highest BCUT2D eigenvalue weighted by Crippen LogP contribution is 2.48. The molecule has 1 aliphatic heterocycles. The van der Waals surface area contributed by atoms with Crippen molar-refractivity contribution in [1.82, 2.24) is 9.80 Å². The summed E-state index contributed by atoms with van der Waals surface area (Å²) in [6, 6.07) is 3.78. The minimum Gasteiger partial charge on any atom is -0.469 e. The molecule has 114 valence electrons. The van der Waals surface area contributed by atoms with Gasteiger partial charge in [-0.15, -0.1) is 0 Å². The molecule has 2 unspecified atom stereocenters. The molecular formula is C15H20N2O4. The van der Waals surface area contributed by atoms with Crippen molar-refractivity contribution in [2.75, 3.05) is 32.8 Å². The van der Waals surface area contributed by atoms with E-state index in [1.165, 1.54) is 0 Å². The second-order valence-electron chi connectivity index (χ2n) is 5.48.